The maximum absolute atomic E-state index is 11.8. The molecule has 0 atom stereocenters. The van der Waals surface area contributed by atoms with Crippen LogP contribution in [-0.2, 0) is 11.8 Å². The predicted molar refractivity (Wildman–Crippen MR) is 118 cm³/mol. The van der Waals surface area contributed by atoms with Crippen LogP contribution in [0.4, 0.5) is 5.82 Å². The molecule has 1 amide bonds. The van der Waals surface area contributed by atoms with Crippen molar-refractivity contribution >= 4 is 11.7 Å². The number of aryl methyl sites for hydroxylation is 1. The van der Waals surface area contributed by atoms with Gasteiger partial charge in [-0.3, -0.25) is 9.78 Å². The molecule has 0 radical (unpaired) electrons. The summed E-state index contributed by atoms with van der Waals surface area (Å²) < 4.78 is 1.99. The zero-order chi connectivity index (χ0) is 21.3. The van der Waals surface area contributed by atoms with Crippen LogP contribution in [0.2, 0.25) is 0 Å². The monoisotopic (exact) mass is 399 g/mol. The zero-order valence-electron chi connectivity index (χ0n) is 17.6. The number of hydrogen-bond donors (Lipinski definition) is 0. The van der Waals surface area contributed by atoms with Crippen LogP contribution in [0.1, 0.15) is 18.2 Å². The quantitative estimate of drug-likeness (QED) is 0.675. The number of carbonyl (C=O) groups is 1. The fourth-order valence-corrected chi connectivity index (χ4v) is 4.20. The van der Waals surface area contributed by atoms with Gasteiger partial charge in [0.1, 0.15) is 17.6 Å². The predicted octanol–water partition coefficient (Wildman–Crippen LogP) is 3.60. The maximum Gasteiger partial charge on any atom is 0.219 e. The lowest BCUT2D eigenvalue weighted by Gasteiger charge is -2.36. The lowest BCUT2D eigenvalue weighted by molar-refractivity contribution is -0.129. The molecule has 1 aliphatic rings. The molecule has 30 heavy (non-hydrogen) atoms. The molecule has 3 heterocycles. The summed E-state index contributed by atoms with van der Waals surface area (Å²) >= 11 is 0. The van der Waals surface area contributed by atoms with E-state index < -0.39 is 0 Å². The molecular formula is C24H25N5O. The molecule has 0 aliphatic carbocycles. The average Bonchev–Trinajstić information content (AvgIpc) is 3.07. The summed E-state index contributed by atoms with van der Waals surface area (Å²) in [4.78, 5) is 20.1. The number of benzene rings is 1. The van der Waals surface area contributed by atoms with Gasteiger partial charge in [-0.15, -0.1) is 0 Å². The number of aromatic nitrogens is 2. The number of anilines is 1. The van der Waals surface area contributed by atoms with Crippen LogP contribution in [0.25, 0.3) is 22.3 Å². The third-order valence-electron chi connectivity index (χ3n) is 5.80. The Balaban J connectivity index is 1.91. The van der Waals surface area contributed by atoms with Gasteiger partial charge >= 0.3 is 0 Å². The molecule has 1 aliphatic heterocycles. The molecule has 6 nitrogen and oxygen atoms in total. The van der Waals surface area contributed by atoms with Gasteiger partial charge < -0.3 is 14.4 Å². The Kier molecular flexibility index (Phi) is 5.28. The third kappa shape index (κ3) is 3.43. The highest BCUT2D eigenvalue weighted by Crippen LogP contribution is 2.44. The van der Waals surface area contributed by atoms with Crippen molar-refractivity contribution in [3.05, 3.63) is 60.0 Å². The number of nitriles is 1. The van der Waals surface area contributed by atoms with Gasteiger partial charge in [0.15, 0.2) is 0 Å². The van der Waals surface area contributed by atoms with Crippen LogP contribution in [0.15, 0.2) is 48.8 Å². The number of rotatable bonds is 3. The fourth-order valence-electron chi connectivity index (χ4n) is 4.20. The molecular weight excluding hydrogens is 374 g/mol. The van der Waals surface area contributed by atoms with E-state index in [1.54, 1.807) is 19.3 Å². The van der Waals surface area contributed by atoms with Gasteiger partial charge in [0.05, 0.1) is 0 Å². The Morgan fingerprint density at radius 2 is 1.57 bits per heavy atom. The second-order valence-corrected chi connectivity index (χ2v) is 7.69. The van der Waals surface area contributed by atoms with Gasteiger partial charge in [0.25, 0.3) is 0 Å². The van der Waals surface area contributed by atoms with Crippen molar-refractivity contribution in [2.45, 2.75) is 13.8 Å². The maximum atomic E-state index is 11.8. The Bertz CT molecular complexity index is 1100. The fraction of sp³-hybridized carbons (Fsp3) is 0.292. The summed E-state index contributed by atoms with van der Waals surface area (Å²) in [6, 6.07) is 14.7. The van der Waals surface area contributed by atoms with Crippen molar-refractivity contribution in [2.75, 3.05) is 31.1 Å². The molecule has 0 spiro atoms. The minimum absolute atomic E-state index is 0.106. The number of nitrogens with zero attached hydrogens (tertiary/aromatic N) is 5. The van der Waals surface area contributed by atoms with Gasteiger partial charge in [-0.1, -0.05) is 29.8 Å². The lowest BCUT2D eigenvalue weighted by atomic mass is 9.96. The number of amides is 1. The van der Waals surface area contributed by atoms with Crippen molar-refractivity contribution in [3.8, 4) is 28.3 Å². The molecule has 6 heteroatoms. The van der Waals surface area contributed by atoms with Crippen molar-refractivity contribution in [2.24, 2.45) is 7.05 Å². The number of hydrogen-bond acceptors (Lipinski definition) is 4. The topological polar surface area (TPSA) is 65.2 Å². The molecule has 4 rings (SSSR count). The first kappa shape index (κ1) is 19.7. The highest BCUT2D eigenvalue weighted by Gasteiger charge is 2.29. The first-order valence-electron chi connectivity index (χ1n) is 10.1. The summed E-state index contributed by atoms with van der Waals surface area (Å²) in [7, 11) is 1.95. The normalized spacial score (nSPS) is 13.9. The SMILES string of the molecule is CC(=O)N1CCN(c2c(-c3ccncc3)c(-c3ccc(C)cc3)c(C#N)n2C)CC1. The molecule has 152 valence electrons. The summed E-state index contributed by atoms with van der Waals surface area (Å²) in [5.74, 6) is 1.12. The molecule has 0 N–H and O–H groups in total. The first-order valence-corrected chi connectivity index (χ1v) is 10.1. The number of carbonyl (C=O) groups excluding carboxylic acids is 1. The molecule has 1 saturated heterocycles. The van der Waals surface area contributed by atoms with Gasteiger partial charge in [0.2, 0.25) is 5.91 Å². The van der Waals surface area contributed by atoms with Crippen LogP contribution in [0.5, 0.6) is 0 Å². The molecule has 2 aromatic heterocycles. The highest BCUT2D eigenvalue weighted by molar-refractivity contribution is 5.95. The first-order chi connectivity index (χ1) is 14.5. The molecule has 0 bridgehead atoms. The van der Waals surface area contributed by atoms with Crippen LogP contribution in [0, 0.1) is 18.3 Å². The van der Waals surface area contributed by atoms with Crippen molar-refractivity contribution in [3.63, 3.8) is 0 Å². The summed E-state index contributed by atoms with van der Waals surface area (Å²) in [6.07, 6.45) is 3.57. The van der Waals surface area contributed by atoms with E-state index in [0.717, 1.165) is 41.2 Å². The van der Waals surface area contributed by atoms with E-state index in [0.29, 0.717) is 18.8 Å². The molecule has 0 unspecified atom stereocenters. The van der Waals surface area contributed by atoms with E-state index in [1.165, 1.54) is 5.56 Å². The minimum Gasteiger partial charge on any atom is -0.354 e. The van der Waals surface area contributed by atoms with E-state index in [1.807, 2.05) is 28.6 Å². The number of piperazine rings is 1. The Labute approximate surface area is 177 Å². The van der Waals surface area contributed by atoms with Gasteiger partial charge in [0, 0.05) is 63.7 Å². The Hall–Kier alpha value is -3.59. The zero-order valence-corrected chi connectivity index (χ0v) is 17.6. The standard InChI is InChI=1S/C24H25N5O/c1-17-4-6-19(7-5-17)22-21(16-25)27(3)24(23(22)20-8-10-26-11-9-20)29-14-12-28(13-15-29)18(2)30/h4-11H,12-15H2,1-3H3. The van der Waals surface area contributed by atoms with Gasteiger partial charge in [-0.05, 0) is 30.2 Å². The van der Waals surface area contributed by atoms with E-state index in [9.17, 15) is 10.1 Å². The van der Waals surface area contributed by atoms with Crippen LogP contribution in [-0.4, -0.2) is 46.5 Å². The summed E-state index contributed by atoms with van der Waals surface area (Å²) in [5.41, 5.74) is 5.84. The van der Waals surface area contributed by atoms with E-state index >= 15 is 0 Å². The van der Waals surface area contributed by atoms with E-state index in [2.05, 4.69) is 47.1 Å². The lowest BCUT2D eigenvalue weighted by Crippen LogP contribution is -2.48. The van der Waals surface area contributed by atoms with E-state index in [4.69, 9.17) is 0 Å². The summed E-state index contributed by atoms with van der Waals surface area (Å²) in [5, 5.41) is 10.1. The minimum atomic E-state index is 0.106. The van der Waals surface area contributed by atoms with Crippen LogP contribution >= 0.6 is 0 Å². The van der Waals surface area contributed by atoms with Crippen LogP contribution in [0.3, 0.4) is 0 Å². The van der Waals surface area contributed by atoms with Gasteiger partial charge in [-0.25, -0.2) is 0 Å². The van der Waals surface area contributed by atoms with Crippen molar-refractivity contribution < 1.29 is 4.79 Å². The summed E-state index contributed by atoms with van der Waals surface area (Å²) in [6.45, 7) is 6.49. The Morgan fingerprint density at radius 3 is 2.13 bits per heavy atom. The van der Waals surface area contributed by atoms with Gasteiger partial charge in [-0.2, -0.15) is 5.26 Å². The largest absolute Gasteiger partial charge is 0.354 e. The number of pyridine rings is 1. The van der Waals surface area contributed by atoms with Crippen LogP contribution < -0.4 is 4.90 Å². The molecule has 3 aromatic rings. The smallest absolute Gasteiger partial charge is 0.219 e. The molecule has 1 fully saturated rings. The molecule has 0 saturated carbocycles. The van der Waals surface area contributed by atoms with Crippen molar-refractivity contribution in [1.29, 1.82) is 5.26 Å². The third-order valence-corrected chi connectivity index (χ3v) is 5.80. The second kappa shape index (κ2) is 8.03. The second-order valence-electron chi connectivity index (χ2n) is 7.69. The van der Waals surface area contributed by atoms with E-state index in [-0.39, 0.29) is 5.91 Å². The average molecular weight is 399 g/mol. The molecule has 1 aromatic carbocycles. The Morgan fingerprint density at radius 1 is 0.967 bits per heavy atom. The highest BCUT2D eigenvalue weighted by atomic mass is 16.2. The van der Waals surface area contributed by atoms with Crippen molar-refractivity contribution in [1.82, 2.24) is 14.5 Å².